The van der Waals surface area contributed by atoms with Crippen LogP contribution in [0, 0.1) is 0 Å². The molecular formula is C9H6ClN3O. The number of hydrogen-bond donors (Lipinski definition) is 1. The molecule has 0 aliphatic carbocycles. The lowest BCUT2D eigenvalue weighted by Gasteiger charge is -2.01. The molecular weight excluding hydrogens is 202 g/mol. The molecule has 0 aliphatic rings. The van der Waals surface area contributed by atoms with Gasteiger partial charge in [0, 0.05) is 10.4 Å². The summed E-state index contributed by atoms with van der Waals surface area (Å²) in [6.45, 7) is 0. The zero-order chi connectivity index (χ0) is 10.1. The molecule has 70 valence electrons. The van der Waals surface area contributed by atoms with Crippen LogP contribution in [-0.4, -0.2) is 16.3 Å². The van der Waals surface area contributed by atoms with Crippen LogP contribution in [0.2, 0.25) is 5.02 Å². The first kappa shape index (κ1) is 8.90. The third kappa shape index (κ3) is 1.40. The number of carbonyl (C=O) groups excluding carboxylic acids is 1. The van der Waals surface area contributed by atoms with Crippen LogP contribution in [-0.2, 0) is 0 Å². The molecule has 1 heterocycles. The molecule has 1 aromatic heterocycles. The molecule has 4 nitrogen and oxygen atoms in total. The van der Waals surface area contributed by atoms with E-state index in [9.17, 15) is 4.79 Å². The van der Waals surface area contributed by atoms with Crippen molar-refractivity contribution < 1.29 is 4.79 Å². The minimum atomic E-state index is 0.0669. The molecule has 5 heteroatoms. The van der Waals surface area contributed by atoms with E-state index in [2.05, 4.69) is 9.97 Å². The summed E-state index contributed by atoms with van der Waals surface area (Å²) in [5.74, 6) is 0.353. The predicted octanol–water partition coefficient (Wildman–Crippen LogP) is 1.68. The fourth-order valence-electron chi connectivity index (χ4n) is 1.20. The van der Waals surface area contributed by atoms with Crippen LogP contribution in [0.1, 0.15) is 10.6 Å². The van der Waals surface area contributed by atoms with Crippen molar-refractivity contribution >= 4 is 34.6 Å². The van der Waals surface area contributed by atoms with E-state index in [0.29, 0.717) is 22.2 Å². The number of aldehydes is 1. The van der Waals surface area contributed by atoms with Crippen LogP contribution < -0.4 is 5.73 Å². The Morgan fingerprint density at radius 1 is 1.36 bits per heavy atom. The number of benzene rings is 1. The van der Waals surface area contributed by atoms with E-state index < -0.39 is 0 Å². The Morgan fingerprint density at radius 3 is 2.86 bits per heavy atom. The standard InChI is InChI=1S/C9H6ClN3O/c10-5-1-2-6-7(3-5)12-8(4-14)13-9(6)11/h1-4H,(H2,11,12,13). The highest BCUT2D eigenvalue weighted by Gasteiger charge is 2.04. The maximum Gasteiger partial charge on any atom is 0.195 e. The Labute approximate surface area is 84.7 Å². The Morgan fingerprint density at radius 2 is 2.14 bits per heavy atom. The minimum absolute atomic E-state index is 0.0669. The Bertz CT molecular complexity index is 513. The van der Waals surface area contributed by atoms with Crippen molar-refractivity contribution in [3.63, 3.8) is 0 Å². The summed E-state index contributed by atoms with van der Waals surface area (Å²) in [6.07, 6.45) is 0.552. The van der Waals surface area contributed by atoms with Gasteiger partial charge in [0.1, 0.15) is 5.82 Å². The number of fused-ring (bicyclic) bond motifs is 1. The van der Waals surface area contributed by atoms with Gasteiger partial charge < -0.3 is 5.73 Å². The number of nitrogens with two attached hydrogens (primary N) is 1. The van der Waals surface area contributed by atoms with Gasteiger partial charge in [-0.3, -0.25) is 4.79 Å². The monoisotopic (exact) mass is 207 g/mol. The molecule has 1 aromatic carbocycles. The summed E-state index contributed by atoms with van der Waals surface area (Å²) >= 11 is 5.78. The molecule has 0 atom stereocenters. The number of hydrogen-bond acceptors (Lipinski definition) is 4. The highest BCUT2D eigenvalue weighted by molar-refractivity contribution is 6.31. The molecule has 0 saturated carbocycles. The van der Waals surface area contributed by atoms with Gasteiger partial charge in [-0.1, -0.05) is 11.6 Å². The van der Waals surface area contributed by atoms with Gasteiger partial charge in [0.25, 0.3) is 0 Å². The van der Waals surface area contributed by atoms with Crippen molar-refractivity contribution in [3.05, 3.63) is 29.0 Å². The Balaban J connectivity index is 2.83. The number of carbonyl (C=O) groups is 1. The fraction of sp³-hybridized carbons (Fsp3) is 0. The number of aromatic nitrogens is 2. The van der Waals surface area contributed by atoms with Crippen molar-refractivity contribution in [1.82, 2.24) is 9.97 Å². The van der Waals surface area contributed by atoms with Crippen LogP contribution in [0.25, 0.3) is 10.9 Å². The molecule has 2 rings (SSSR count). The molecule has 0 unspecified atom stereocenters. The summed E-state index contributed by atoms with van der Waals surface area (Å²) < 4.78 is 0. The summed E-state index contributed by atoms with van der Waals surface area (Å²) in [7, 11) is 0. The number of nitrogens with zero attached hydrogens (tertiary/aromatic N) is 2. The van der Waals surface area contributed by atoms with Crippen molar-refractivity contribution in [1.29, 1.82) is 0 Å². The molecule has 0 aliphatic heterocycles. The SMILES string of the molecule is Nc1nc(C=O)nc2cc(Cl)ccc12. The van der Waals surface area contributed by atoms with Gasteiger partial charge in [-0.15, -0.1) is 0 Å². The van der Waals surface area contributed by atoms with E-state index in [0.717, 1.165) is 0 Å². The summed E-state index contributed by atoms with van der Waals surface area (Å²) in [5, 5.41) is 1.24. The predicted molar refractivity (Wildman–Crippen MR) is 54.3 cm³/mol. The third-order valence-electron chi connectivity index (χ3n) is 1.81. The molecule has 0 radical (unpaired) electrons. The van der Waals surface area contributed by atoms with Crippen LogP contribution >= 0.6 is 11.6 Å². The number of halogens is 1. The van der Waals surface area contributed by atoms with E-state index in [4.69, 9.17) is 17.3 Å². The zero-order valence-corrected chi connectivity index (χ0v) is 7.82. The second-order valence-corrected chi connectivity index (χ2v) is 3.18. The van der Waals surface area contributed by atoms with E-state index in [1.165, 1.54) is 0 Å². The van der Waals surface area contributed by atoms with Crippen LogP contribution in [0.15, 0.2) is 18.2 Å². The molecule has 2 N–H and O–H groups in total. The molecule has 2 aromatic rings. The third-order valence-corrected chi connectivity index (χ3v) is 2.05. The molecule has 0 spiro atoms. The van der Waals surface area contributed by atoms with Gasteiger partial charge in [0.15, 0.2) is 12.1 Å². The summed E-state index contributed by atoms with van der Waals surface area (Å²) in [6, 6.07) is 5.06. The number of rotatable bonds is 1. The largest absolute Gasteiger partial charge is 0.383 e. The fourth-order valence-corrected chi connectivity index (χ4v) is 1.36. The molecule has 0 saturated heterocycles. The maximum absolute atomic E-state index is 10.5. The van der Waals surface area contributed by atoms with Gasteiger partial charge >= 0.3 is 0 Å². The van der Waals surface area contributed by atoms with E-state index >= 15 is 0 Å². The molecule has 0 bridgehead atoms. The van der Waals surface area contributed by atoms with E-state index in [1.54, 1.807) is 18.2 Å². The van der Waals surface area contributed by atoms with Crippen LogP contribution in [0.5, 0.6) is 0 Å². The Hall–Kier alpha value is -1.68. The van der Waals surface area contributed by atoms with Crippen LogP contribution in [0.4, 0.5) is 5.82 Å². The average Bonchev–Trinajstić information content (AvgIpc) is 2.16. The Kier molecular flexibility index (Phi) is 2.05. The van der Waals surface area contributed by atoms with Crippen molar-refractivity contribution in [2.24, 2.45) is 0 Å². The van der Waals surface area contributed by atoms with E-state index in [-0.39, 0.29) is 11.6 Å². The highest BCUT2D eigenvalue weighted by atomic mass is 35.5. The molecule has 0 fully saturated rings. The normalized spacial score (nSPS) is 10.4. The molecule has 0 amide bonds. The van der Waals surface area contributed by atoms with Gasteiger partial charge in [-0.2, -0.15) is 0 Å². The topological polar surface area (TPSA) is 68.9 Å². The maximum atomic E-state index is 10.5. The van der Waals surface area contributed by atoms with Crippen molar-refractivity contribution in [3.8, 4) is 0 Å². The first-order valence-electron chi connectivity index (χ1n) is 3.88. The second kappa shape index (κ2) is 3.23. The highest BCUT2D eigenvalue weighted by Crippen LogP contribution is 2.21. The summed E-state index contributed by atoms with van der Waals surface area (Å²) in [4.78, 5) is 18.3. The van der Waals surface area contributed by atoms with Crippen molar-refractivity contribution in [2.75, 3.05) is 5.73 Å². The molecule has 14 heavy (non-hydrogen) atoms. The lowest BCUT2D eigenvalue weighted by molar-refractivity contribution is 0.111. The number of anilines is 1. The summed E-state index contributed by atoms with van der Waals surface area (Å²) in [5.41, 5.74) is 6.21. The first-order valence-corrected chi connectivity index (χ1v) is 4.26. The lowest BCUT2D eigenvalue weighted by Crippen LogP contribution is -1.99. The first-order chi connectivity index (χ1) is 6.70. The van der Waals surface area contributed by atoms with Gasteiger partial charge in [-0.05, 0) is 18.2 Å². The van der Waals surface area contributed by atoms with Gasteiger partial charge in [0.05, 0.1) is 5.52 Å². The van der Waals surface area contributed by atoms with Gasteiger partial charge in [0.2, 0.25) is 0 Å². The average molecular weight is 208 g/mol. The minimum Gasteiger partial charge on any atom is -0.383 e. The zero-order valence-electron chi connectivity index (χ0n) is 7.07. The van der Waals surface area contributed by atoms with Crippen molar-refractivity contribution in [2.45, 2.75) is 0 Å². The van der Waals surface area contributed by atoms with Gasteiger partial charge in [-0.25, -0.2) is 9.97 Å². The van der Waals surface area contributed by atoms with Crippen LogP contribution in [0.3, 0.4) is 0 Å². The second-order valence-electron chi connectivity index (χ2n) is 2.75. The van der Waals surface area contributed by atoms with E-state index in [1.807, 2.05) is 0 Å². The smallest absolute Gasteiger partial charge is 0.195 e. The number of nitrogen functional groups attached to an aromatic ring is 1. The lowest BCUT2D eigenvalue weighted by atomic mass is 10.2. The quantitative estimate of drug-likeness (QED) is 0.723.